The van der Waals surface area contributed by atoms with E-state index in [0.29, 0.717) is 21.3 Å². The summed E-state index contributed by atoms with van der Waals surface area (Å²) in [6.45, 7) is 3.55. The Labute approximate surface area is 114 Å². The first-order chi connectivity index (χ1) is 9.08. The van der Waals surface area contributed by atoms with Crippen molar-refractivity contribution in [3.05, 3.63) is 40.4 Å². The topological polar surface area (TPSA) is 74.9 Å². The molecule has 0 aliphatic rings. The number of benzene rings is 1. The number of azo groups is 1. The summed E-state index contributed by atoms with van der Waals surface area (Å²) in [4.78, 5) is 16.1. The van der Waals surface area contributed by atoms with E-state index in [4.69, 9.17) is 0 Å². The van der Waals surface area contributed by atoms with Crippen LogP contribution in [-0.2, 0) is 6.54 Å². The summed E-state index contributed by atoms with van der Waals surface area (Å²) in [5.74, 6) is 0.179. The van der Waals surface area contributed by atoms with Gasteiger partial charge in [-0.2, -0.15) is 5.11 Å². The molecule has 0 bridgehead atoms. The zero-order chi connectivity index (χ0) is 13.8. The number of aromatic hydroxyl groups is 1. The Morgan fingerprint density at radius 3 is 2.79 bits per heavy atom. The minimum absolute atomic E-state index is 0.0165. The van der Waals surface area contributed by atoms with Crippen LogP contribution in [0.4, 0.5) is 5.13 Å². The van der Waals surface area contributed by atoms with Gasteiger partial charge in [-0.1, -0.05) is 29.5 Å². The molecule has 0 saturated carbocycles. The Morgan fingerprint density at radius 1 is 1.42 bits per heavy atom. The third kappa shape index (κ3) is 3.23. The predicted molar refractivity (Wildman–Crippen MR) is 73.2 cm³/mol. The maximum Gasteiger partial charge on any atom is 0.230 e. The number of carbonyl (C=O) groups excluding carboxylic acids is 1. The molecule has 0 amide bonds. The van der Waals surface area contributed by atoms with Crippen LogP contribution in [0.5, 0.6) is 5.75 Å². The second kappa shape index (κ2) is 5.71. The Balaban J connectivity index is 2.09. The highest BCUT2D eigenvalue weighted by atomic mass is 32.1. The third-order valence-corrected chi connectivity index (χ3v) is 3.64. The number of aryl methyl sites for hydroxylation is 1. The van der Waals surface area contributed by atoms with E-state index in [0.717, 1.165) is 0 Å². The van der Waals surface area contributed by atoms with Crippen LogP contribution in [0.15, 0.2) is 34.5 Å². The quantitative estimate of drug-likeness (QED) is 0.683. The van der Waals surface area contributed by atoms with E-state index in [1.54, 1.807) is 25.1 Å². The van der Waals surface area contributed by atoms with E-state index in [1.807, 2.05) is 6.07 Å². The van der Waals surface area contributed by atoms with E-state index in [2.05, 4.69) is 15.2 Å². The lowest BCUT2D eigenvalue weighted by molar-refractivity contribution is 0.102. The summed E-state index contributed by atoms with van der Waals surface area (Å²) >= 11 is 1.22. The fourth-order valence-corrected chi connectivity index (χ4v) is 2.37. The second-order valence-corrected chi connectivity index (χ2v) is 4.97. The standard InChI is InChI=1S/C13H13N3O2S/c1-8-12(9(2)17)19-13(15-8)16-14-7-10-5-3-4-6-11(10)18/h3-6,18H,7H2,1-2H3. The van der Waals surface area contributed by atoms with Gasteiger partial charge in [-0.25, -0.2) is 4.98 Å². The van der Waals surface area contributed by atoms with E-state index < -0.39 is 0 Å². The molecule has 1 heterocycles. The summed E-state index contributed by atoms with van der Waals surface area (Å²) in [7, 11) is 0. The zero-order valence-electron chi connectivity index (χ0n) is 10.6. The molecule has 0 fully saturated rings. The Kier molecular flexibility index (Phi) is 4.01. The van der Waals surface area contributed by atoms with Crippen molar-refractivity contribution in [1.82, 2.24) is 4.98 Å². The van der Waals surface area contributed by atoms with Crippen LogP contribution < -0.4 is 0 Å². The van der Waals surface area contributed by atoms with Crippen LogP contribution in [-0.4, -0.2) is 15.9 Å². The average Bonchev–Trinajstić information content (AvgIpc) is 2.73. The number of para-hydroxylation sites is 1. The van der Waals surface area contributed by atoms with Gasteiger partial charge in [-0.3, -0.25) is 4.79 Å². The van der Waals surface area contributed by atoms with Crippen molar-refractivity contribution < 1.29 is 9.90 Å². The minimum atomic E-state index is -0.0165. The SMILES string of the molecule is CC(=O)c1sc(N=NCc2ccccc2O)nc1C. The first-order valence-electron chi connectivity index (χ1n) is 5.70. The van der Waals surface area contributed by atoms with Crippen molar-refractivity contribution in [3.63, 3.8) is 0 Å². The predicted octanol–water partition coefficient (Wildman–Crippen LogP) is 3.64. The van der Waals surface area contributed by atoms with Crippen LogP contribution in [0.25, 0.3) is 0 Å². The number of rotatable bonds is 4. The average molecular weight is 275 g/mol. The lowest BCUT2D eigenvalue weighted by Gasteiger charge is -1.97. The molecule has 2 rings (SSSR count). The maximum absolute atomic E-state index is 11.3. The van der Waals surface area contributed by atoms with E-state index >= 15 is 0 Å². The monoisotopic (exact) mass is 275 g/mol. The van der Waals surface area contributed by atoms with Crippen LogP contribution in [0.3, 0.4) is 0 Å². The summed E-state index contributed by atoms with van der Waals surface area (Å²) in [6.07, 6.45) is 0. The molecule has 0 aliphatic heterocycles. The third-order valence-electron chi connectivity index (χ3n) is 2.49. The molecule has 0 radical (unpaired) electrons. The summed E-state index contributed by atoms with van der Waals surface area (Å²) in [5.41, 5.74) is 1.38. The molecule has 5 nitrogen and oxygen atoms in total. The van der Waals surface area contributed by atoms with Gasteiger partial charge in [0.15, 0.2) is 5.78 Å². The highest BCUT2D eigenvalue weighted by molar-refractivity contribution is 7.17. The Hall–Kier alpha value is -2.08. The van der Waals surface area contributed by atoms with Gasteiger partial charge in [-0.15, -0.1) is 5.11 Å². The zero-order valence-corrected chi connectivity index (χ0v) is 11.4. The molecule has 19 heavy (non-hydrogen) atoms. The molecule has 1 aromatic carbocycles. The number of phenolic OH excluding ortho intramolecular Hbond substituents is 1. The van der Waals surface area contributed by atoms with Gasteiger partial charge in [-0.05, 0) is 13.0 Å². The van der Waals surface area contributed by atoms with Crippen LogP contribution in [0, 0.1) is 6.92 Å². The van der Waals surface area contributed by atoms with Gasteiger partial charge in [0.1, 0.15) is 5.75 Å². The molecule has 0 atom stereocenters. The smallest absolute Gasteiger partial charge is 0.230 e. The molecule has 1 aromatic heterocycles. The number of Topliss-reactive ketones (excluding diaryl/α,β-unsaturated/α-hetero) is 1. The van der Waals surface area contributed by atoms with E-state index in [-0.39, 0.29) is 18.1 Å². The van der Waals surface area contributed by atoms with Gasteiger partial charge in [0.25, 0.3) is 0 Å². The van der Waals surface area contributed by atoms with Crippen molar-refractivity contribution in [2.45, 2.75) is 20.4 Å². The molecule has 98 valence electrons. The number of carbonyl (C=O) groups is 1. The Morgan fingerprint density at radius 2 is 2.16 bits per heavy atom. The lowest BCUT2D eigenvalue weighted by Crippen LogP contribution is -1.89. The fourth-order valence-electron chi connectivity index (χ4n) is 1.57. The summed E-state index contributed by atoms with van der Waals surface area (Å²) in [6, 6.07) is 6.96. The van der Waals surface area contributed by atoms with Gasteiger partial charge >= 0.3 is 0 Å². The number of thiazole rings is 1. The maximum atomic E-state index is 11.3. The normalized spacial score (nSPS) is 11.1. The first-order valence-corrected chi connectivity index (χ1v) is 6.52. The molecule has 1 N–H and O–H groups in total. The van der Waals surface area contributed by atoms with Gasteiger partial charge in [0.2, 0.25) is 5.13 Å². The highest BCUT2D eigenvalue weighted by Gasteiger charge is 2.10. The van der Waals surface area contributed by atoms with Gasteiger partial charge < -0.3 is 5.11 Å². The number of ketones is 1. The molecular formula is C13H13N3O2S. The molecule has 0 unspecified atom stereocenters. The molecular weight excluding hydrogens is 262 g/mol. The van der Waals surface area contributed by atoms with Crippen molar-refractivity contribution in [3.8, 4) is 5.75 Å². The largest absolute Gasteiger partial charge is 0.508 e. The van der Waals surface area contributed by atoms with Crippen LogP contribution in [0.1, 0.15) is 27.9 Å². The number of hydrogen-bond donors (Lipinski definition) is 1. The summed E-state index contributed by atoms with van der Waals surface area (Å²) < 4.78 is 0. The van der Waals surface area contributed by atoms with Crippen molar-refractivity contribution in [2.24, 2.45) is 10.2 Å². The molecule has 0 saturated heterocycles. The van der Waals surface area contributed by atoms with Crippen molar-refractivity contribution in [1.29, 1.82) is 0 Å². The van der Waals surface area contributed by atoms with Crippen molar-refractivity contribution in [2.75, 3.05) is 0 Å². The number of phenols is 1. The van der Waals surface area contributed by atoms with E-state index in [1.165, 1.54) is 18.3 Å². The van der Waals surface area contributed by atoms with Gasteiger partial charge in [0.05, 0.1) is 17.1 Å². The molecule has 0 aliphatic carbocycles. The van der Waals surface area contributed by atoms with Crippen LogP contribution in [0.2, 0.25) is 0 Å². The number of aromatic nitrogens is 1. The number of hydrogen-bond acceptors (Lipinski definition) is 6. The highest BCUT2D eigenvalue weighted by Crippen LogP contribution is 2.26. The molecule has 2 aromatic rings. The number of nitrogens with zero attached hydrogens (tertiary/aromatic N) is 3. The molecule has 6 heteroatoms. The van der Waals surface area contributed by atoms with Crippen molar-refractivity contribution >= 4 is 22.3 Å². The fraction of sp³-hybridized carbons (Fsp3) is 0.231. The van der Waals surface area contributed by atoms with Crippen LogP contribution >= 0.6 is 11.3 Å². The second-order valence-electron chi connectivity index (χ2n) is 4.00. The minimum Gasteiger partial charge on any atom is -0.508 e. The lowest BCUT2D eigenvalue weighted by atomic mass is 10.2. The van der Waals surface area contributed by atoms with Gasteiger partial charge in [0, 0.05) is 12.5 Å². The first kappa shape index (κ1) is 13.4. The Bertz CT molecular complexity index is 635. The summed E-state index contributed by atoms with van der Waals surface area (Å²) in [5, 5.41) is 18.0. The molecule has 0 spiro atoms. The van der Waals surface area contributed by atoms with E-state index in [9.17, 15) is 9.90 Å².